The lowest BCUT2D eigenvalue weighted by Gasteiger charge is -2.17. The highest BCUT2D eigenvalue weighted by Crippen LogP contribution is 2.26. The Labute approximate surface area is 217 Å². The first-order chi connectivity index (χ1) is 18.4. The standard InChI is InChI=1S/C29H24F2N4O3/c30-25-10-9-20(15-26(25)31)21-14-24(27(32)33-16-21)28(36)34-22-11-12-35(17-22)29(37)38-23-8-4-7-19(13-23)18-5-2-1-3-6-18/h1-10,13-16,22H,11-12,17H2,(H2,32,33)(H,34,36)/t22-/m1/s1. The van der Waals surface area contributed by atoms with Crippen molar-refractivity contribution in [1.82, 2.24) is 15.2 Å². The zero-order valence-electron chi connectivity index (χ0n) is 20.2. The number of rotatable bonds is 5. The predicted octanol–water partition coefficient (Wildman–Crippen LogP) is 5.28. The lowest BCUT2D eigenvalue weighted by molar-refractivity contribution is 0.0937. The summed E-state index contributed by atoms with van der Waals surface area (Å²) in [4.78, 5) is 31.3. The second-order valence-electron chi connectivity index (χ2n) is 8.95. The second-order valence-corrected chi connectivity index (χ2v) is 8.95. The van der Waals surface area contributed by atoms with Gasteiger partial charge in [-0.05, 0) is 53.4 Å². The molecular formula is C29H24F2N4O3. The third-order valence-electron chi connectivity index (χ3n) is 6.34. The number of nitrogen functional groups attached to an aromatic ring is 1. The van der Waals surface area contributed by atoms with Gasteiger partial charge < -0.3 is 20.7 Å². The van der Waals surface area contributed by atoms with Crippen LogP contribution in [0.15, 0.2) is 85.1 Å². The van der Waals surface area contributed by atoms with Gasteiger partial charge in [-0.1, -0.05) is 48.5 Å². The zero-order chi connectivity index (χ0) is 26.6. The number of carbonyl (C=O) groups is 2. The number of hydrogen-bond acceptors (Lipinski definition) is 5. The van der Waals surface area contributed by atoms with Crippen molar-refractivity contribution < 1.29 is 23.1 Å². The summed E-state index contributed by atoms with van der Waals surface area (Å²) in [5, 5.41) is 2.87. The van der Waals surface area contributed by atoms with E-state index in [1.165, 1.54) is 23.2 Å². The number of nitrogens with two attached hydrogens (primary N) is 1. The number of likely N-dealkylation sites (tertiary alicyclic amines) is 1. The molecule has 4 aromatic rings. The quantitative estimate of drug-likeness (QED) is 0.378. The van der Waals surface area contributed by atoms with E-state index in [4.69, 9.17) is 10.5 Å². The Balaban J connectivity index is 1.22. The number of halogens is 2. The molecule has 2 amide bonds. The minimum atomic E-state index is -1.00. The van der Waals surface area contributed by atoms with Gasteiger partial charge in [0, 0.05) is 30.9 Å². The van der Waals surface area contributed by atoms with E-state index < -0.39 is 23.6 Å². The zero-order valence-corrected chi connectivity index (χ0v) is 20.2. The topological polar surface area (TPSA) is 97.5 Å². The molecule has 0 radical (unpaired) electrons. The van der Waals surface area contributed by atoms with Crippen LogP contribution >= 0.6 is 0 Å². The monoisotopic (exact) mass is 514 g/mol. The minimum Gasteiger partial charge on any atom is -0.410 e. The van der Waals surface area contributed by atoms with Gasteiger partial charge in [-0.15, -0.1) is 0 Å². The summed E-state index contributed by atoms with van der Waals surface area (Å²) in [7, 11) is 0. The summed E-state index contributed by atoms with van der Waals surface area (Å²) >= 11 is 0. The fourth-order valence-corrected chi connectivity index (χ4v) is 4.33. The number of aromatic nitrogens is 1. The molecule has 1 aliphatic rings. The number of carbonyl (C=O) groups excluding carboxylic acids is 2. The lowest BCUT2D eigenvalue weighted by Crippen LogP contribution is -2.39. The highest BCUT2D eigenvalue weighted by molar-refractivity contribution is 5.99. The van der Waals surface area contributed by atoms with Gasteiger partial charge in [-0.25, -0.2) is 18.6 Å². The van der Waals surface area contributed by atoms with E-state index in [1.54, 1.807) is 12.1 Å². The number of nitrogens with one attached hydrogen (secondary N) is 1. The number of hydrogen-bond donors (Lipinski definition) is 2. The van der Waals surface area contributed by atoms with Gasteiger partial charge >= 0.3 is 6.09 Å². The molecule has 38 heavy (non-hydrogen) atoms. The summed E-state index contributed by atoms with van der Waals surface area (Å²) in [6.45, 7) is 0.671. The lowest BCUT2D eigenvalue weighted by atomic mass is 10.0. The molecule has 2 heterocycles. The van der Waals surface area contributed by atoms with Crippen molar-refractivity contribution in [3.05, 3.63) is 102 Å². The second kappa shape index (κ2) is 10.7. The van der Waals surface area contributed by atoms with Crippen LogP contribution in [0.5, 0.6) is 5.75 Å². The number of amides is 2. The van der Waals surface area contributed by atoms with Crippen molar-refractivity contribution in [3.63, 3.8) is 0 Å². The number of anilines is 1. The SMILES string of the molecule is Nc1ncc(-c2ccc(F)c(F)c2)cc1C(=O)N[C@@H]1CCN(C(=O)Oc2cccc(-c3ccccc3)c2)C1. The molecule has 1 aromatic heterocycles. The van der Waals surface area contributed by atoms with E-state index in [2.05, 4.69) is 10.3 Å². The minimum absolute atomic E-state index is 0.00129. The Hall–Kier alpha value is -4.79. The molecular weight excluding hydrogens is 490 g/mol. The molecule has 1 atom stereocenters. The van der Waals surface area contributed by atoms with Gasteiger partial charge in [-0.3, -0.25) is 4.79 Å². The molecule has 3 N–H and O–H groups in total. The first-order valence-corrected chi connectivity index (χ1v) is 12.0. The summed E-state index contributed by atoms with van der Waals surface area (Å²) in [6, 6.07) is 21.6. The van der Waals surface area contributed by atoms with Gasteiger partial charge in [-0.2, -0.15) is 0 Å². The summed E-state index contributed by atoms with van der Waals surface area (Å²) < 4.78 is 32.6. The van der Waals surface area contributed by atoms with E-state index in [1.807, 2.05) is 42.5 Å². The number of ether oxygens (including phenoxy) is 1. The molecule has 7 nitrogen and oxygen atoms in total. The molecule has 1 saturated heterocycles. The van der Waals surface area contributed by atoms with Gasteiger partial charge in [0.2, 0.25) is 0 Å². The van der Waals surface area contributed by atoms with Crippen LogP contribution in [-0.2, 0) is 0 Å². The van der Waals surface area contributed by atoms with Gasteiger partial charge in [0.25, 0.3) is 5.91 Å². The molecule has 1 aliphatic heterocycles. The van der Waals surface area contributed by atoms with Crippen molar-refractivity contribution in [1.29, 1.82) is 0 Å². The number of nitrogens with zero attached hydrogens (tertiary/aromatic N) is 2. The van der Waals surface area contributed by atoms with Gasteiger partial charge in [0.05, 0.1) is 5.56 Å². The largest absolute Gasteiger partial charge is 0.415 e. The van der Waals surface area contributed by atoms with Crippen molar-refractivity contribution >= 4 is 17.8 Å². The van der Waals surface area contributed by atoms with Crippen LogP contribution in [0.3, 0.4) is 0 Å². The molecule has 0 spiro atoms. The smallest absolute Gasteiger partial charge is 0.410 e. The molecule has 9 heteroatoms. The Bertz CT molecular complexity index is 1500. The highest BCUT2D eigenvalue weighted by atomic mass is 19.2. The van der Waals surface area contributed by atoms with Crippen LogP contribution in [0.4, 0.5) is 19.4 Å². The average molecular weight is 515 g/mol. The van der Waals surface area contributed by atoms with Gasteiger partial charge in [0.1, 0.15) is 11.6 Å². The van der Waals surface area contributed by atoms with E-state index in [0.29, 0.717) is 29.8 Å². The maximum Gasteiger partial charge on any atom is 0.415 e. The summed E-state index contributed by atoms with van der Waals surface area (Å²) in [5.41, 5.74) is 8.74. The Morgan fingerprint density at radius 3 is 2.45 bits per heavy atom. The van der Waals surface area contributed by atoms with E-state index in [-0.39, 0.29) is 24.0 Å². The molecule has 1 fully saturated rings. The fraction of sp³-hybridized carbons (Fsp3) is 0.138. The number of benzene rings is 3. The van der Waals surface area contributed by atoms with Crippen LogP contribution in [0.25, 0.3) is 22.3 Å². The molecule has 5 rings (SSSR count). The highest BCUT2D eigenvalue weighted by Gasteiger charge is 2.29. The average Bonchev–Trinajstić information content (AvgIpc) is 3.40. The van der Waals surface area contributed by atoms with Crippen molar-refractivity contribution in [2.45, 2.75) is 12.5 Å². The first-order valence-electron chi connectivity index (χ1n) is 12.0. The molecule has 0 saturated carbocycles. The van der Waals surface area contributed by atoms with E-state index >= 15 is 0 Å². The third kappa shape index (κ3) is 5.46. The van der Waals surface area contributed by atoms with Crippen molar-refractivity contribution in [2.75, 3.05) is 18.8 Å². The Morgan fingerprint density at radius 2 is 1.66 bits per heavy atom. The summed E-state index contributed by atoms with van der Waals surface area (Å²) in [5.74, 6) is -2.02. The third-order valence-corrected chi connectivity index (χ3v) is 6.34. The molecule has 3 aromatic carbocycles. The Kier molecular flexibility index (Phi) is 6.99. The number of pyridine rings is 1. The van der Waals surface area contributed by atoms with E-state index in [9.17, 15) is 18.4 Å². The van der Waals surface area contributed by atoms with Crippen LogP contribution in [0, 0.1) is 11.6 Å². The maximum atomic E-state index is 13.7. The van der Waals surface area contributed by atoms with Crippen molar-refractivity contribution in [2.24, 2.45) is 0 Å². The van der Waals surface area contributed by atoms with Gasteiger partial charge in [0.15, 0.2) is 11.6 Å². The summed E-state index contributed by atoms with van der Waals surface area (Å²) in [6.07, 6.45) is 1.41. The van der Waals surface area contributed by atoms with Crippen LogP contribution < -0.4 is 15.8 Å². The normalized spacial score (nSPS) is 14.8. The molecule has 0 aliphatic carbocycles. The van der Waals surface area contributed by atoms with Crippen LogP contribution in [0.1, 0.15) is 16.8 Å². The maximum absolute atomic E-state index is 13.7. The molecule has 192 valence electrons. The molecule has 0 bridgehead atoms. The predicted molar refractivity (Wildman–Crippen MR) is 139 cm³/mol. The Morgan fingerprint density at radius 1 is 0.895 bits per heavy atom. The van der Waals surface area contributed by atoms with Crippen LogP contribution in [0.2, 0.25) is 0 Å². The fourth-order valence-electron chi connectivity index (χ4n) is 4.33. The van der Waals surface area contributed by atoms with Crippen molar-refractivity contribution in [3.8, 4) is 28.0 Å². The first kappa shape index (κ1) is 24.9. The van der Waals surface area contributed by atoms with E-state index in [0.717, 1.165) is 23.3 Å². The van der Waals surface area contributed by atoms with Crippen LogP contribution in [-0.4, -0.2) is 41.0 Å². The molecule has 0 unspecified atom stereocenters.